The van der Waals surface area contributed by atoms with Crippen molar-refractivity contribution >= 4 is 12.1 Å². The van der Waals surface area contributed by atoms with Gasteiger partial charge in [-0.3, -0.25) is 4.79 Å². The topological polar surface area (TPSA) is 43.4 Å². The summed E-state index contributed by atoms with van der Waals surface area (Å²) < 4.78 is 6.97. The van der Waals surface area contributed by atoms with Gasteiger partial charge in [0.15, 0.2) is 0 Å². The molecule has 0 N–H and O–H groups in total. The van der Waals surface area contributed by atoms with Crippen LogP contribution in [-0.2, 0) is 25.5 Å². The van der Waals surface area contributed by atoms with Crippen LogP contribution in [0, 0.1) is 5.92 Å². The van der Waals surface area contributed by atoms with Gasteiger partial charge in [-0.1, -0.05) is 84.9 Å². The van der Waals surface area contributed by atoms with Gasteiger partial charge in [0.1, 0.15) is 23.3 Å². The molecule has 0 amide bonds. The summed E-state index contributed by atoms with van der Waals surface area (Å²) in [6.07, 6.45) is 1.22. The Labute approximate surface area is 164 Å². The van der Waals surface area contributed by atoms with Gasteiger partial charge in [-0.15, -0.1) is 0 Å². The molecule has 2 aliphatic rings. The molecule has 0 saturated carbocycles. The summed E-state index contributed by atoms with van der Waals surface area (Å²) in [5, 5.41) is 0. The number of hydrogen-bond acceptors (Lipinski definition) is 3. The molecule has 1 fully saturated rings. The monoisotopic (exact) mass is 368 g/mol. The molecule has 0 aromatic heterocycles. The molecule has 3 aromatic rings. The number of aldehydes is 1. The number of hydrogen-bond donors (Lipinski definition) is 0. The largest absolute Gasteiger partial charge is 0.348 e. The minimum Gasteiger partial charge on any atom is -0.348 e. The van der Waals surface area contributed by atoms with E-state index in [4.69, 9.17) is 4.74 Å². The van der Waals surface area contributed by atoms with Gasteiger partial charge in [0.2, 0.25) is 0 Å². The van der Waals surface area contributed by atoms with Gasteiger partial charge in [0, 0.05) is 12.8 Å². The Morgan fingerprint density at radius 3 is 2.04 bits per heavy atom. The van der Waals surface area contributed by atoms with E-state index in [-0.39, 0.29) is 18.6 Å². The summed E-state index contributed by atoms with van der Waals surface area (Å²) in [6.45, 7) is 0. The van der Waals surface area contributed by atoms with Crippen molar-refractivity contribution in [3.05, 3.63) is 107 Å². The van der Waals surface area contributed by atoms with Crippen molar-refractivity contribution in [1.82, 2.24) is 0 Å². The lowest BCUT2D eigenvalue weighted by molar-refractivity contribution is -0.179. The fourth-order valence-electron chi connectivity index (χ4n) is 5.05. The van der Waals surface area contributed by atoms with Crippen molar-refractivity contribution in [3.63, 3.8) is 0 Å². The Morgan fingerprint density at radius 2 is 1.39 bits per heavy atom. The molecule has 3 nitrogen and oxygen atoms in total. The summed E-state index contributed by atoms with van der Waals surface area (Å²) in [5.41, 5.74) is 2.11. The Morgan fingerprint density at radius 1 is 0.821 bits per heavy atom. The molecular formula is C25H20O3. The van der Waals surface area contributed by atoms with E-state index < -0.39 is 17.1 Å². The molecule has 1 saturated heterocycles. The number of carbonyl (C=O) groups is 2. The average molecular weight is 368 g/mol. The van der Waals surface area contributed by atoms with Gasteiger partial charge in [0.25, 0.3) is 0 Å². The van der Waals surface area contributed by atoms with Gasteiger partial charge >= 0.3 is 0 Å². The molecule has 0 radical (unpaired) electrons. The number of benzene rings is 3. The molecular weight excluding hydrogens is 348 g/mol. The van der Waals surface area contributed by atoms with Crippen LogP contribution in [0.15, 0.2) is 84.9 Å². The Bertz CT molecular complexity index is 1040. The lowest BCUT2D eigenvalue weighted by Crippen LogP contribution is -2.50. The first-order valence-electron chi connectivity index (χ1n) is 9.60. The Kier molecular flexibility index (Phi) is 3.81. The molecule has 5 rings (SSSR count). The van der Waals surface area contributed by atoms with Gasteiger partial charge in [-0.05, 0) is 22.3 Å². The third-order valence-corrected chi connectivity index (χ3v) is 6.17. The maximum atomic E-state index is 13.4. The zero-order chi connectivity index (χ0) is 19.2. The summed E-state index contributed by atoms with van der Waals surface area (Å²) in [7, 11) is 0. The van der Waals surface area contributed by atoms with Crippen LogP contribution in [0.3, 0.4) is 0 Å². The predicted octanol–water partition coefficient (Wildman–Crippen LogP) is 4.38. The van der Waals surface area contributed by atoms with Crippen LogP contribution in [0.2, 0.25) is 0 Å². The molecule has 0 unspecified atom stereocenters. The first-order valence-corrected chi connectivity index (χ1v) is 9.60. The van der Waals surface area contributed by atoms with Crippen molar-refractivity contribution in [2.24, 2.45) is 5.92 Å². The second kappa shape index (κ2) is 6.25. The third-order valence-electron chi connectivity index (χ3n) is 6.17. The van der Waals surface area contributed by atoms with E-state index >= 15 is 0 Å². The van der Waals surface area contributed by atoms with E-state index in [0.29, 0.717) is 0 Å². The first kappa shape index (κ1) is 17.1. The molecule has 3 aromatic carbocycles. The van der Waals surface area contributed by atoms with Gasteiger partial charge in [-0.25, -0.2) is 0 Å². The standard InChI is InChI=1S/C25H20O3/c26-16-15-22-23(27)17-24(18-9-3-1-4-10-18)20-13-7-8-14-21(20)25(22,28-24)19-11-5-2-6-12-19/h1-14,16,22H,15,17H2/t22-,24+,25-/m0/s1. The summed E-state index contributed by atoms with van der Waals surface area (Å²) in [6, 6.07) is 27.9. The van der Waals surface area contributed by atoms with E-state index in [1.54, 1.807) is 0 Å². The second-order valence-electron chi connectivity index (χ2n) is 7.54. The molecule has 28 heavy (non-hydrogen) atoms. The SMILES string of the molecule is O=CC[C@H]1C(=O)C[C@]2(c3ccccc3)O[C@@]1(c1ccccc1)c1ccccc12. The zero-order valence-corrected chi connectivity index (χ0v) is 15.4. The van der Waals surface area contributed by atoms with Crippen molar-refractivity contribution < 1.29 is 14.3 Å². The van der Waals surface area contributed by atoms with Crippen LogP contribution < -0.4 is 0 Å². The molecule has 2 aliphatic heterocycles. The molecule has 3 atom stereocenters. The van der Waals surface area contributed by atoms with E-state index in [1.165, 1.54) is 0 Å². The number of carbonyl (C=O) groups excluding carboxylic acids is 2. The van der Waals surface area contributed by atoms with Gasteiger partial charge in [-0.2, -0.15) is 0 Å². The van der Waals surface area contributed by atoms with Gasteiger partial charge < -0.3 is 9.53 Å². The third kappa shape index (κ3) is 2.14. The van der Waals surface area contributed by atoms with E-state index in [0.717, 1.165) is 28.5 Å². The van der Waals surface area contributed by atoms with Crippen LogP contribution in [0.1, 0.15) is 35.1 Å². The fraction of sp³-hybridized carbons (Fsp3) is 0.200. The second-order valence-corrected chi connectivity index (χ2v) is 7.54. The highest BCUT2D eigenvalue weighted by atomic mass is 16.5. The predicted molar refractivity (Wildman–Crippen MR) is 106 cm³/mol. The van der Waals surface area contributed by atoms with Crippen molar-refractivity contribution in [2.75, 3.05) is 0 Å². The number of rotatable bonds is 4. The van der Waals surface area contributed by atoms with Crippen LogP contribution in [0.4, 0.5) is 0 Å². The molecule has 0 aliphatic carbocycles. The van der Waals surface area contributed by atoms with Crippen molar-refractivity contribution in [3.8, 4) is 0 Å². The van der Waals surface area contributed by atoms with Crippen LogP contribution in [0.25, 0.3) is 0 Å². The van der Waals surface area contributed by atoms with Crippen molar-refractivity contribution in [2.45, 2.75) is 24.0 Å². The maximum absolute atomic E-state index is 13.4. The highest BCUT2D eigenvalue weighted by molar-refractivity contribution is 5.89. The number of Topliss-reactive ketones (excluding diaryl/α,β-unsaturated/α-hetero) is 1. The minimum atomic E-state index is -0.954. The average Bonchev–Trinajstić information content (AvgIpc) is 3.01. The van der Waals surface area contributed by atoms with Crippen LogP contribution >= 0.6 is 0 Å². The highest BCUT2D eigenvalue weighted by Crippen LogP contribution is 2.62. The quantitative estimate of drug-likeness (QED) is 0.642. The molecule has 2 heterocycles. The normalized spacial score (nSPS) is 28.0. The lowest BCUT2D eigenvalue weighted by Gasteiger charge is -2.45. The number of fused-ring (bicyclic) bond motifs is 5. The molecule has 0 spiro atoms. The Hall–Kier alpha value is -3.04. The highest BCUT2D eigenvalue weighted by Gasteiger charge is 2.64. The Balaban J connectivity index is 1.85. The van der Waals surface area contributed by atoms with E-state index in [9.17, 15) is 9.59 Å². The van der Waals surface area contributed by atoms with Crippen molar-refractivity contribution in [1.29, 1.82) is 0 Å². The summed E-state index contributed by atoms with van der Waals surface area (Å²) >= 11 is 0. The smallest absolute Gasteiger partial charge is 0.143 e. The molecule has 3 heteroatoms. The lowest BCUT2D eigenvalue weighted by atomic mass is 9.72. The first-order chi connectivity index (χ1) is 13.7. The van der Waals surface area contributed by atoms with E-state index in [1.807, 2.05) is 78.9 Å². The molecule has 2 bridgehead atoms. The zero-order valence-electron chi connectivity index (χ0n) is 15.4. The van der Waals surface area contributed by atoms with Gasteiger partial charge in [0.05, 0.1) is 5.92 Å². The van der Waals surface area contributed by atoms with Crippen LogP contribution in [-0.4, -0.2) is 12.1 Å². The number of ether oxygens (including phenoxy) is 1. The number of ketones is 1. The maximum Gasteiger partial charge on any atom is 0.143 e. The summed E-state index contributed by atoms with van der Waals surface area (Å²) in [5.74, 6) is -0.463. The molecule has 138 valence electrons. The van der Waals surface area contributed by atoms with Crippen LogP contribution in [0.5, 0.6) is 0 Å². The summed E-state index contributed by atoms with van der Waals surface area (Å²) in [4.78, 5) is 25.0. The van der Waals surface area contributed by atoms with E-state index in [2.05, 4.69) is 6.07 Å². The minimum absolute atomic E-state index is 0.0715. The fourth-order valence-corrected chi connectivity index (χ4v) is 5.05.